The molecule has 0 aliphatic carbocycles. The number of para-hydroxylation sites is 1. The van der Waals surface area contributed by atoms with E-state index in [-0.39, 0.29) is 17.0 Å². The van der Waals surface area contributed by atoms with E-state index in [0.717, 1.165) is 5.56 Å². The number of anilines is 1. The molecule has 3 N–H and O–H groups in total. The number of hydrogen-bond donors (Lipinski definition) is 2. The van der Waals surface area contributed by atoms with Crippen LogP contribution in [0.5, 0.6) is 11.5 Å². The van der Waals surface area contributed by atoms with Crippen molar-refractivity contribution in [1.82, 2.24) is 0 Å². The van der Waals surface area contributed by atoms with Gasteiger partial charge in [-0.25, -0.2) is 4.79 Å². The highest BCUT2D eigenvalue weighted by molar-refractivity contribution is 5.93. The lowest BCUT2D eigenvalue weighted by atomic mass is 10.1. The van der Waals surface area contributed by atoms with Gasteiger partial charge in [0.05, 0.1) is 17.3 Å². The largest absolute Gasteiger partial charge is 0.478 e. The van der Waals surface area contributed by atoms with Crippen LogP contribution in [-0.2, 0) is 0 Å². The summed E-state index contributed by atoms with van der Waals surface area (Å²) in [5.41, 5.74) is 7.19. The standard InChI is InChI=1S/C15H12N2O3/c1-9-5-6-10(8-16)7-13(9)20-14-11(15(18)19)3-2-4-12(14)17/h2-7H,17H2,1H3,(H,18,19). The van der Waals surface area contributed by atoms with Gasteiger partial charge in [0.1, 0.15) is 11.3 Å². The molecule has 0 radical (unpaired) electrons. The minimum Gasteiger partial charge on any atom is -0.478 e. The molecule has 0 atom stereocenters. The van der Waals surface area contributed by atoms with Gasteiger partial charge in [0.2, 0.25) is 0 Å². The summed E-state index contributed by atoms with van der Waals surface area (Å²) in [7, 11) is 0. The number of carboxylic acid groups (broad SMARTS) is 1. The van der Waals surface area contributed by atoms with Crippen LogP contribution in [0.2, 0.25) is 0 Å². The molecule has 0 bridgehead atoms. The van der Waals surface area contributed by atoms with Crippen molar-refractivity contribution in [3.63, 3.8) is 0 Å². The topological polar surface area (TPSA) is 96.3 Å². The Labute approximate surface area is 115 Å². The Kier molecular flexibility index (Phi) is 3.58. The third kappa shape index (κ3) is 2.54. The number of aromatic carboxylic acids is 1. The summed E-state index contributed by atoms with van der Waals surface area (Å²) >= 11 is 0. The number of rotatable bonds is 3. The normalized spacial score (nSPS) is 9.80. The second-order valence-electron chi connectivity index (χ2n) is 4.22. The van der Waals surface area contributed by atoms with E-state index in [1.54, 1.807) is 37.3 Å². The molecule has 0 fully saturated rings. The SMILES string of the molecule is Cc1ccc(C#N)cc1Oc1c(N)cccc1C(=O)O. The van der Waals surface area contributed by atoms with E-state index in [2.05, 4.69) is 0 Å². The third-order valence-corrected chi connectivity index (χ3v) is 2.81. The number of nitrogens with two attached hydrogens (primary N) is 1. The van der Waals surface area contributed by atoms with Gasteiger partial charge >= 0.3 is 5.97 Å². The zero-order valence-corrected chi connectivity index (χ0v) is 10.8. The predicted molar refractivity (Wildman–Crippen MR) is 73.8 cm³/mol. The summed E-state index contributed by atoms with van der Waals surface area (Å²) in [6.45, 7) is 1.80. The zero-order valence-electron chi connectivity index (χ0n) is 10.8. The molecule has 0 unspecified atom stereocenters. The molecule has 0 amide bonds. The molecule has 2 aromatic rings. The summed E-state index contributed by atoms with van der Waals surface area (Å²) in [6.07, 6.45) is 0. The summed E-state index contributed by atoms with van der Waals surface area (Å²) in [6, 6.07) is 11.5. The van der Waals surface area contributed by atoms with E-state index in [1.807, 2.05) is 6.07 Å². The molecule has 5 nitrogen and oxygen atoms in total. The van der Waals surface area contributed by atoms with Crippen LogP contribution in [0.25, 0.3) is 0 Å². The lowest BCUT2D eigenvalue weighted by Gasteiger charge is -2.13. The van der Waals surface area contributed by atoms with Crippen molar-refractivity contribution >= 4 is 11.7 Å². The molecule has 0 heterocycles. The second kappa shape index (κ2) is 5.33. The van der Waals surface area contributed by atoms with Crippen LogP contribution in [0.4, 0.5) is 5.69 Å². The molecule has 0 spiro atoms. The number of benzene rings is 2. The first-order valence-corrected chi connectivity index (χ1v) is 5.83. The van der Waals surface area contributed by atoms with Crippen LogP contribution in [0.1, 0.15) is 21.5 Å². The Hall–Kier alpha value is -3.00. The Morgan fingerprint density at radius 2 is 2.10 bits per heavy atom. The zero-order chi connectivity index (χ0) is 14.7. The first-order valence-electron chi connectivity index (χ1n) is 5.83. The smallest absolute Gasteiger partial charge is 0.339 e. The minimum absolute atomic E-state index is 0.0215. The number of aryl methyl sites for hydroxylation is 1. The van der Waals surface area contributed by atoms with Crippen LogP contribution < -0.4 is 10.5 Å². The van der Waals surface area contributed by atoms with Gasteiger partial charge < -0.3 is 15.6 Å². The minimum atomic E-state index is -1.12. The van der Waals surface area contributed by atoms with Crippen LogP contribution in [0.3, 0.4) is 0 Å². The number of nitriles is 1. The molecule has 2 rings (SSSR count). The highest BCUT2D eigenvalue weighted by atomic mass is 16.5. The average Bonchev–Trinajstić information content (AvgIpc) is 2.43. The van der Waals surface area contributed by atoms with Gasteiger partial charge in [-0.15, -0.1) is 0 Å². The van der Waals surface area contributed by atoms with Crippen molar-refractivity contribution < 1.29 is 14.6 Å². The van der Waals surface area contributed by atoms with Gasteiger partial charge in [0.25, 0.3) is 0 Å². The first-order chi connectivity index (χ1) is 9.52. The van der Waals surface area contributed by atoms with Crippen LogP contribution in [0, 0.1) is 18.3 Å². The number of nitrogen functional groups attached to an aromatic ring is 1. The molecule has 20 heavy (non-hydrogen) atoms. The molecular weight excluding hydrogens is 256 g/mol. The van der Waals surface area contributed by atoms with Crippen LogP contribution in [0.15, 0.2) is 36.4 Å². The summed E-state index contributed by atoms with van der Waals surface area (Å²) in [5.74, 6) is -0.635. The first kappa shape index (κ1) is 13.4. The van der Waals surface area contributed by atoms with Gasteiger partial charge in [0, 0.05) is 0 Å². The number of carbonyl (C=O) groups is 1. The molecular formula is C15H12N2O3. The third-order valence-electron chi connectivity index (χ3n) is 2.81. The Bertz CT molecular complexity index is 718. The molecule has 0 saturated heterocycles. The molecule has 0 aromatic heterocycles. The summed E-state index contributed by atoms with van der Waals surface area (Å²) in [5, 5.41) is 18.0. The monoisotopic (exact) mass is 268 g/mol. The number of hydrogen-bond acceptors (Lipinski definition) is 4. The van der Waals surface area contributed by atoms with Gasteiger partial charge in [-0.3, -0.25) is 0 Å². The highest BCUT2D eigenvalue weighted by Crippen LogP contribution is 2.33. The van der Waals surface area contributed by atoms with Gasteiger partial charge in [-0.05, 0) is 36.8 Å². The van der Waals surface area contributed by atoms with Gasteiger partial charge in [-0.1, -0.05) is 12.1 Å². The second-order valence-corrected chi connectivity index (χ2v) is 4.22. The van der Waals surface area contributed by atoms with Crippen molar-refractivity contribution in [2.24, 2.45) is 0 Å². The molecule has 100 valence electrons. The van der Waals surface area contributed by atoms with E-state index in [1.165, 1.54) is 6.07 Å². The van der Waals surface area contributed by atoms with Crippen molar-refractivity contribution in [3.8, 4) is 17.6 Å². The fraction of sp³-hybridized carbons (Fsp3) is 0.0667. The quantitative estimate of drug-likeness (QED) is 0.834. The van der Waals surface area contributed by atoms with Crippen LogP contribution in [-0.4, -0.2) is 11.1 Å². The van der Waals surface area contributed by atoms with Crippen molar-refractivity contribution in [2.75, 3.05) is 5.73 Å². The van der Waals surface area contributed by atoms with Gasteiger partial charge in [-0.2, -0.15) is 5.26 Å². The average molecular weight is 268 g/mol. The highest BCUT2D eigenvalue weighted by Gasteiger charge is 2.15. The maximum absolute atomic E-state index is 11.2. The maximum Gasteiger partial charge on any atom is 0.339 e. The predicted octanol–water partition coefficient (Wildman–Crippen LogP) is 2.94. The van der Waals surface area contributed by atoms with Crippen LogP contribution >= 0.6 is 0 Å². The molecule has 5 heteroatoms. The number of nitrogens with zero attached hydrogens (tertiary/aromatic N) is 1. The Balaban J connectivity index is 2.50. The van der Waals surface area contributed by atoms with Crippen molar-refractivity contribution in [3.05, 3.63) is 53.1 Å². The molecule has 2 aromatic carbocycles. The summed E-state index contributed by atoms with van der Waals surface area (Å²) in [4.78, 5) is 11.2. The fourth-order valence-corrected chi connectivity index (χ4v) is 1.73. The lowest BCUT2D eigenvalue weighted by Crippen LogP contribution is -2.03. The summed E-state index contributed by atoms with van der Waals surface area (Å²) < 4.78 is 5.62. The van der Waals surface area contributed by atoms with E-state index in [4.69, 9.17) is 20.8 Å². The van der Waals surface area contributed by atoms with E-state index >= 15 is 0 Å². The Morgan fingerprint density at radius 1 is 1.35 bits per heavy atom. The fourth-order valence-electron chi connectivity index (χ4n) is 1.73. The van der Waals surface area contributed by atoms with Gasteiger partial charge in [0.15, 0.2) is 5.75 Å². The lowest BCUT2D eigenvalue weighted by molar-refractivity contribution is 0.0694. The molecule has 0 aliphatic rings. The van der Waals surface area contributed by atoms with Crippen molar-refractivity contribution in [1.29, 1.82) is 5.26 Å². The number of ether oxygens (including phenoxy) is 1. The molecule has 0 aliphatic heterocycles. The van der Waals surface area contributed by atoms with E-state index in [0.29, 0.717) is 11.3 Å². The Morgan fingerprint density at radius 3 is 2.75 bits per heavy atom. The molecule has 0 saturated carbocycles. The number of carboxylic acids is 1. The van der Waals surface area contributed by atoms with Crippen molar-refractivity contribution in [2.45, 2.75) is 6.92 Å². The van der Waals surface area contributed by atoms with E-state index in [9.17, 15) is 4.79 Å². The maximum atomic E-state index is 11.2. The van der Waals surface area contributed by atoms with E-state index < -0.39 is 5.97 Å².